The van der Waals surface area contributed by atoms with Crippen molar-refractivity contribution in [2.75, 3.05) is 20.8 Å². The van der Waals surface area contributed by atoms with E-state index in [4.69, 9.17) is 23.4 Å². The molecule has 1 aliphatic rings. The van der Waals surface area contributed by atoms with Crippen LogP contribution in [-0.4, -0.2) is 47.4 Å². The van der Waals surface area contributed by atoms with Crippen LogP contribution in [-0.2, 0) is 0 Å². The maximum absolute atomic E-state index is 12.7. The first kappa shape index (κ1) is 23.2. The number of aromatic hydroxyl groups is 3. The Morgan fingerprint density at radius 3 is 2.39 bits per heavy atom. The summed E-state index contributed by atoms with van der Waals surface area (Å²) in [5.74, 6) is 0.456. The molecule has 0 radical (unpaired) electrons. The van der Waals surface area contributed by atoms with Crippen LogP contribution < -0.4 is 24.4 Å². The third kappa shape index (κ3) is 3.87. The summed E-state index contributed by atoms with van der Waals surface area (Å²) in [6.07, 6.45) is -1.56. The maximum atomic E-state index is 12.7. The molecule has 0 amide bonds. The van der Waals surface area contributed by atoms with Crippen molar-refractivity contribution in [1.29, 1.82) is 0 Å². The zero-order valence-electron chi connectivity index (χ0n) is 19.2. The molecule has 0 unspecified atom stereocenters. The Bertz CT molecular complexity index is 1520. The molecule has 0 saturated carbocycles. The van der Waals surface area contributed by atoms with Crippen LogP contribution in [0.3, 0.4) is 0 Å². The number of benzene rings is 3. The van der Waals surface area contributed by atoms with E-state index in [9.17, 15) is 25.2 Å². The fourth-order valence-electron chi connectivity index (χ4n) is 4.19. The van der Waals surface area contributed by atoms with Gasteiger partial charge in [-0.1, -0.05) is 6.07 Å². The van der Waals surface area contributed by atoms with E-state index < -0.39 is 23.4 Å². The minimum Gasteiger partial charge on any atom is -0.508 e. The van der Waals surface area contributed by atoms with Crippen LogP contribution in [0.2, 0.25) is 0 Å². The molecule has 0 saturated heterocycles. The van der Waals surface area contributed by atoms with Gasteiger partial charge in [-0.3, -0.25) is 4.79 Å². The van der Waals surface area contributed by atoms with Gasteiger partial charge in [0.1, 0.15) is 28.2 Å². The summed E-state index contributed by atoms with van der Waals surface area (Å²) < 4.78 is 28.7. The van der Waals surface area contributed by atoms with Gasteiger partial charge in [-0.05, 0) is 24.3 Å². The Balaban J connectivity index is 1.60. The second-order valence-electron chi connectivity index (χ2n) is 8.13. The SMILES string of the molecule is COc1cc([C@@H]2Oc3c(OC)cc(-c4cc(=O)c5c(O)cc(O)cc5o4)cc3O[C@H]2CO)ccc1O. The lowest BCUT2D eigenvalue weighted by Crippen LogP contribution is -2.36. The number of methoxy groups -OCH3 is 2. The van der Waals surface area contributed by atoms with Gasteiger partial charge >= 0.3 is 0 Å². The van der Waals surface area contributed by atoms with Gasteiger partial charge in [0.2, 0.25) is 5.75 Å². The maximum Gasteiger partial charge on any atom is 0.204 e. The van der Waals surface area contributed by atoms with Crippen molar-refractivity contribution >= 4 is 11.0 Å². The first-order valence-corrected chi connectivity index (χ1v) is 10.9. The van der Waals surface area contributed by atoms with E-state index in [1.165, 1.54) is 32.4 Å². The molecule has 0 aliphatic carbocycles. The average molecular weight is 494 g/mol. The van der Waals surface area contributed by atoms with Crippen LogP contribution in [0.15, 0.2) is 57.7 Å². The number of hydrogen-bond donors (Lipinski definition) is 4. The number of rotatable bonds is 5. The minimum atomic E-state index is -0.816. The van der Waals surface area contributed by atoms with Gasteiger partial charge in [0.15, 0.2) is 40.6 Å². The summed E-state index contributed by atoms with van der Waals surface area (Å²) in [5.41, 5.74) is 0.490. The van der Waals surface area contributed by atoms with Gasteiger partial charge in [-0.15, -0.1) is 0 Å². The van der Waals surface area contributed by atoms with Crippen molar-refractivity contribution in [2.45, 2.75) is 12.2 Å². The van der Waals surface area contributed by atoms with Crippen LogP contribution in [0.4, 0.5) is 0 Å². The monoisotopic (exact) mass is 494 g/mol. The third-order valence-corrected chi connectivity index (χ3v) is 5.89. The smallest absolute Gasteiger partial charge is 0.204 e. The zero-order valence-corrected chi connectivity index (χ0v) is 19.2. The van der Waals surface area contributed by atoms with Gasteiger partial charge < -0.3 is 43.8 Å². The largest absolute Gasteiger partial charge is 0.508 e. The van der Waals surface area contributed by atoms with Crippen molar-refractivity contribution in [1.82, 2.24) is 0 Å². The highest BCUT2D eigenvalue weighted by atomic mass is 16.6. The van der Waals surface area contributed by atoms with Crippen molar-refractivity contribution in [3.63, 3.8) is 0 Å². The van der Waals surface area contributed by atoms with Crippen LogP contribution in [0.5, 0.6) is 40.2 Å². The first-order valence-electron chi connectivity index (χ1n) is 10.9. The van der Waals surface area contributed by atoms with E-state index in [2.05, 4.69) is 0 Å². The van der Waals surface area contributed by atoms with Gasteiger partial charge in [-0.25, -0.2) is 0 Å². The highest BCUT2D eigenvalue weighted by Gasteiger charge is 2.35. The Morgan fingerprint density at radius 2 is 1.67 bits per heavy atom. The predicted molar refractivity (Wildman–Crippen MR) is 127 cm³/mol. The van der Waals surface area contributed by atoms with Crippen LogP contribution >= 0.6 is 0 Å². The lowest BCUT2D eigenvalue weighted by molar-refractivity contribution is -0.0140. The summed E-state index contributed by atoms with van der Waals surface area (Å²) in [5, 5.41) is 39.7. The second kappa shape index (κ2) is 8.90. The molecule has 36 heavy (non-hydrogen) atoms. The molecule has 3 aromatic carbocycles. The van der Waals surface area contributed by atoms with E-state index in [0.29, 0.717) is 11.1 Å². The molecule has 186 valence electrons. The summed E-state index contributed by atoms with van der Waals surface area (Å²) in [4.78, 5) is 12.7. The van der Waals surface area contributed by atoms with Crippen LogP contribution in [0.25, 0.3) is 22.3 Å². The number of aliphatic hydroxyl groups is 1. The molecular weight excluding hydrogens is 472 g/mol. The van der Waals surface area contributed by atoms with Gasteiger partial charge in [-0.2, -0.15) is 0 Å². The van der Waals surface area contributed by atoms with E-state index >= 15 is 0 Å². The van der Waals surface area contributed by atoms with Gasteiger partial charge in [0.05, 0.1) is 20.8 Å². The summed E-state index contributed by atoms with van der Waals surface area (Å²) in [7, 11) is 2.86. The van der Waals surface area contributed by atoms with E-state index in [-0.39, 0.29) is 57.8 Å². The predicted octanol–water partition coefficient (Wildman–Crippen LogP) is 3.47. The molecule has 2 heterocycles. The summed E-state index contributed by atoms with van der Waals surface area (Å²) in [6, 6.07) is 11.3. The minimum absolute atomic E-state index is 0.00145. The molecule has 1 aliphatic heterocycles. The molecule has 10 heteroatoms. The second-order valence-corrected chi connectivity index (χ2v) is 8.13. The fraction of sp³-hybridized carbons (Fsp3) is 0.192. The molecule has 1 aromatic heterocycles. The highest BCUT2D eigenvalue weighted by Crippen LogP contribution is 2.48. The molecular formula is C26H22O10. The number of phenols is 3. The molecule has 0 spiro atoms. The van der Waals surface area contributed by atoms with Crippen molar-refractivity contribution in [3.05, 3.63) is 64.3 Å². The Labute approximate surface area is 204 Å². The molecule has 4 N–H and O–H groups in total. The number of phenolic OH excluding ortho intramolecular Hbond substituents is 3. The third-order valence-electron chi connectivity index (χ3n) is 5.89. The number of ether oxygens (including phenoxy) is 4. The van der Waals surface area contributed by atoms with E-state index in [0.717, 1.165) is 6.07 Å². The van der Waals surface area contributed by atoms with Crippen LogP contribution in [0, 0.1) is 0 Å². The lowest BCUT2D eigenvalue weighted by Gasteiger charge is -2.34. The topological polar surface area (TPSA) is 148 Å². The molecule has 10 nitrogen and oxygen atoms in total. The molecule has 2 atom stereocenters. The van der Waals surface area contributed by atoms with E-state index in [1.807, 2.05) is 0 Å². The Morgan fingerprint density at radius 1 is 0.889 bits per heavy atom. The Hall–Kier alpha value is -4.57. The molecule has 0 fully saturated rings. The summed E-state index contributed by atoms with van der Waals surface area (Å²) in [6.45, 7) is -0.385. The lowest BCUT2D eigenvalue weighted by atomic mass is 10.0. The highest BCUT2D eigenvalue weighted by molar-refractivity contribution is 5.86. The molecule has 0 bridgehead atoms. The summed E-state index contributed by atoms with van der Waals surface area (Å²) >= 11 is 0. The number of aliphatic hydroxyl groups excluding tert-OH is 1. The van der Waals surface area contributed by atoms with Crippen molar-refractivity contribution < 1.29 is 43.8 Å². The number of hydrogen-bond acceptors (Lipinski definition) is 10. The number of fused-ring (bicyclic) bond motifs is 2. The Kier molecular flexibility index (Phi) is 5.73. The van der Waals surface area contributed by atoms with Crippen LogP contribution in [0.1, 0.15) is 11.7 Å². The van der Waals surface area contributed by atoms with Crippen molar-refractivity contribution in [2.24, 2.45) is 0 Å². The normalized spacial score (nSPS) is 16.6. The zero-order chi connectivity index (χ0) is 25.6. The van der Waals surface area contributed by atoms with Gasteiger partial charge in [0.25, 0.3) is 0 Å². The molecule has 5 rings (SSSR count). The molecule has 4 aromatic rings. The average Bonchev–Trinajstić information content (AvgIpc) is 2.86. The van der Waals surface area contributed by atoms with Gasteiger partial charge in [0, 0.05) is 29.3 Å². The van der Waals surface area contributed by atoms with Crippen molar-refractivity contribution in [3.8, 4) is 51.6 Å². The fourth-order valence-corrected chi connectivity index (χ4v) is 4.19. The first-order chi connectivity index (χ1) is 17.3. The standard InChI is InChI=1S/C26H22O10/c1-32-19-5-12(3-4-15(19)29)25-23(11-27)35-22-7-13(6-21(33-2)26(22)36-25)18-10-17(31)24-16(30)8-14(28)9-20(24)34-18/h3-10,23,25,27-30H,11H2,1-2H3/t23-,25-/m0/s1. The van der Waals surface area contributed by atoms with E-state index in [1.54, 1.807) is 24.3 Å². The quantitative estimate of drug-likeness (QED) is 0.325.